The maximum absolute atomic E-state index is 13.2. The van der Waals surface area contributed by atoms with E-state index >= 15 is 0 Å². The van der Waals surface area contributed by atoms with E-state index in [9.17, 15) is 14.5 Å². The lowest BCUT2D eigenvalue weighted by molar-refractivity contribution is -0.385. The third-order valence-electron chi connectivity index (χ3n) is 2.74. The molecule has 0 aliphatic carbocycles. The molecule has 0 fully saturated rings. The normalized spacial score (nSPS) is 9.95. The van der Waals surface area contributed by atoms with Gasteiger partial charge in [0.25, 0.3) is 0 Å². The van der Waals surface area contributed by atoms with E-state index in [0.717, 1.165) is 18.2 Å². The molecule has 0 heterocycles. The molecule has 2 aromatic carbocycles. The minimum absolute atomic E-state index is 0.100. The first-order valence-electron chi connectivity index (χ1n) is 5.90. The quantitative estimate of drug-likeness (QED) is 0.688. The molecule has 0 aromatic heterocycles. The molecule has 21 heavy (non-hydrogen) atoms. The third kappa shape index (κ3) is 3.13. The molecule has 0 amide bonds. The third-order valence-corrected chi connectivity index (χ3v) is 2.74. The molecule has 106 valence electrons. The molecule has 0 aliphatic heterocycles. The monoisotopic (exact) mass is 287 g/mol. The lowest BCUT2D eigenvalue weighted by Crippen LogP contribution is -1.99. The first-order chi connectivity index (χ1) is 10.0. The summed E-state index contributed by atoms with van der Waals surface area (Å²) >= 11 is 0. The second kappa shape index (κ2) is 5.98. The number of ether oxygens (including phenoxy) is 1. The van der Waals surface area contributed by atoms with E-state index < -0.39 is 10.7 Å². The van der Waals surface area contributed by atoms with Gasteiger partial charge in [-0.05, 0) is 23.8 Å². The predicted molar refractivity (Wildman–Crippen MR) is 72.2 cm³/mol. The van der Waals surface area contributed by atoms with Gasteiger partial charge in [-0.15, -0.1) is 0 Å². The Hall–Kier alpha value is -2.98. The Morgan fingerprint density at radius 1 is 1.29 bits per heavy atom. The van der Waals surface area contributed by atoms with Gasteiger partial charge in [-0.25, -0.2) is 4.39 Å². The number of nitrogens with two attached hydrogens (primary N) is 1. The zero-order chi connectivity index (χ0) is 15.4. The first kappa shape index (κ1) is 14.4. The summed E-state index contributed by atoms with van der Waals surface area (Å²) in [6.07, 6.45) is 0. The maximum atomic E-state index is 13.2. The number of hydrogen-bond donors (Lipinski definition) is 1. The summed E-state index contributed by atoms with van der Waals surface area (Å²) < 4.78 is 18.6. The van der Waals surface area contributed by atoms with Crippen molar-refractivity contribution >= 4 is 5.69 Å². The highest BCUT2D eigenvalue weighted by molar-refractivity contribution is 5.52. The zero-order valence-electron chi connectivity index (χ0n) is 10.7. The van der Waals surface area contributed by atoms with Crippen molar-refractivity contribution < 1.29 is 14.1 Å². The highest BCUT2D eigenvalue weighted by atomic mass is 19.1. The lowest BCUT2D eigenvalue weighted by Gasteiger charge is -2.09. The predicted octanol–water partition coefficient (Wildman–Crippen LogP) is 2.86. The van der Waals surface area contributed by atoms with E-state index in [2.05, 4.69) is 0 Å². The van der Waals surface area contributed by atoms with Crippen molar-refractivity contribution in [2.45, 2.75) is 6.54 Å². The second-order valence-electron chi connectivity index (χ2n) is 4.12. The average molecular weight is 287 g/mol. The number of rotatable bonds is 4. The van der Waals surface area contributed by atoms with Crippen molar-refractivity contribution in [2.24, 2.45) is 5.73 Å². The van der Waals surface area contributed by atoms with E-state index in [0.29, 0.717) is 5.56 Å². The van der Waals surface area contributed by atoms with Crippen LogP contribution in [0.1, 0.15) is 11.1 Å². The second-order valence-corrected chi connectivity index (χ2v) is 4.12. The molecule has 0 saturated heterocycles. The van der Waals surface area contributed by atoms with E-state index in [-0.39, 0.29) is 29.3 Å². The van der Waals surface area contributed by atoms with Crippen LogP contribution < -0.4 is 10.5 Å². The standard InChI is InChI=1S/C14H10FN3O3/c15-11-2-3-12(18(19)20)14(6-11)21-13-4-1-9(7-16)5-10(13)8-17/h1-6H,7,16H2. The summed E-state index contributed by atoms with van der Waals surface area (Å²) in [5, 5.41) is 20.0. The van der Waals surface area contributed by atoms with Gasteiger partial charge >= 0.3 is 5.69 Å². The summed E-state index contributed by atoms with van der Waals surface area (Å²) in [6.45, 7) is 0.245. The van der Waals surface area contributed by atoms with Gasteiger partial charge in [0, 0.05) is 18.7 Å². The van der Waals surface area contributed by atoms with Gasteiger partial charge in [0.2, 0.25) is 5.75 Å². The molecule has 0 atom stereocenters. The molecule has 0 saturated carbocycles. The Morgan fingerprint density at radius 2 is 2.05 bits per heavy atom. The van der Waals surface area contributed by atoms with Crippen molar-refractivity contribution in [2.75, 3.05) is 0 Å². The number of nitriles is 1. The maximum Gasteiger partial charge on any atom is 0.311 e. The van der Waals surface area contributed by atoms with Crippen molar-refractivity contribution in [3.63, 3.8) is 0 Å². The van der Waals surface area contributed by atoms with Crippen LogP contribution >= 0.6 is 0 Å². The van der Waals surface area contributed by atoms with E-state index in [1.54, 1.807) is 6.07 Å². The van der Waals surface area contributed by atoms with Crippen LogP contribution in [-0.4, -0.2) is 4.92 Å². The fraction of sp³-hybridized carbons (Fsp3) is 0.0714. The lowest BCUT2D eigenvalue weighted by atomic mass is 10.1. The van der Waals surface area contributed by atoms with Crippen LogP contribution in [0.2, 0.25) is 0 Å². The molecule has 0 bridgehead atoms. The molecule has 2 N–H and O–H groups in total. The Kier molecular flexibility index (Phi) is 4.11. The number of nitro groups is 1. The van der Waals surface area contributed by atoms with Crippen LogP contribution in [0.5, 0.6) is 11.5 Å². The highest BCUT2D eigenvalue weighted by Gasteiger charge is 2.18. The SMILES string of the molecule is N#Cc1cc(CN)ccc1Oc1cc(F)ccc1[N+](=O)[O-]. The van der Waals surface area contributed by atoms with Crippen molar-refractivity contribution in [1.82, 2.24) is 0 Å². The minimum Gasteiger partial charge on any atom is -0.449 e. The average Bonchev–Trinajstić information content (AvgIpc) is 2.47. The van der Waals surface area contributed by atoms with Gasteiger partial charge in [-0.3, -0.25) is 10.1 Å². The molecule has 7 heteroatoms. The molecule has 0 unspecified atom stereocenters. The van der Waals surface area contributed by atoms with Gasteiger partial charge in [-0.2, -0.15) is 5.26 Å². The van der Waals surface area contributed by atoms with E-state index in [4.69, 9.17) is 15.7 Å². The van der Waals surface area contributed by atoms with Crippen LogP contribution in [0, 0.1) is 27.3 Å². The molecule has 0 spiro atoms. The van der Waals surface area contributed by atoms with Crippen LogP contribution in [0.4, 0.5) is 10.1 Å². The number of hydrogen-bond acceptors (Lipinski definition) is 5. The Bertz CT molecular complexity index is 741. The van der Waals surface area contributed by atoms with Gasteiger partial charge in [-0.1, -0.05) is 6.07 Å². The largest absolute Gasteiger partial charge is 0.449 e. The fourth-order valence-electron chi connectivity index (χ4n) is 1.72. The van der Waals surface area contributed by atoms with E-state index in [1.807, 2.05) is 6.07 Å². The summed E-state index contributed by atoms with van der Waals surface area (Å²) in [4.78, 5) is 10.2. The van der Waals surface area contributed by atoms with Gasteiger partial charge < -0.3 is 10.5 Å². The molecule has 2 aromatic rings. The van der Waals surface area contributed by atoms with Gasteiger partial charge in [0.15, 0.2) is 0 Å². The smallest absolute Gasteiger partial charge is 0.311 e. The first-order valence-corrected chi connectivity index (χ1v) is 5.90. The van der Waals surface area contributed by atoms with Crippen molar-refractivity contribution in [3.05, 3.63) is 63.5 Å². The Morgan fingerprint density at radius 3 is 2.67 bits per heavy atom. The molecule has 2 rings (SSSR count). The topological polar surface area (TPSA) is 102 Å². The van der Waals surface area contributed by atoms with Crippen LogP contribution in [0.3, 0.4) is 0 Å². The summed E-state index contributed by atoms with van der Waals surface area (Å²) in [6, 6.07) is 9.39. The number of nitro benzene ring substituents is 1. The fourth-order valence-corrected chi connectivity index (χ4v) is 1.72. The number of benzene rings is 2. The van der Waals surface area contributed by atoms with Crippen LogP contribution in [0.25, 0.3) is 0 Å². The molecule has 6 nitrogen and oxygen atoms in total. The minimum atomic E-state index is -0.685. The number of nitrogens with zero attached hydrogens (tertiary/aromatic N) is 2. The van der Waals surface area contributed by atoms with Gasteiger partial charge in [0.1, 0.15) is 17.6 Å². The molecular weight excluding hydrogens is 277 g/mol. The molecule has 0 aliphatic rings. The number of halogens is 1. The summed E-state index contributed by atoms with van der Waals surface area (Å²) in [5.74, 6) is -0.840. The van der Waals surface area contributed by atoms with Crippen molar-refractivity contribution in [3.8, 4) is 17.6 Å². The highest BCUT2D eigenvalue weighted by Crippen LogP contribution is 2.33. The van der Waals surface area contributed by atoms with Crippen LogP contribution in [-0.2, 0) is 6.54 Å². The zero-order valence-corrected chi connectivity index (χ0v) is 10.7. The molecular formula is C14H10FN3O3. The molecule has 0 radical (unpaired) electrons. The Labute approximate surface area is 119 Å². The summed E-state index contributed by atoms with van der Waals surface area (Å²) in [7, 11) is 0. The summed E-state index contributed by atoms with van der Waals surface area (Å²) in [5.41, 5.74) is 5.96. The van der Waals surface area contributed by atoms with Crippen LogP contribution in [0.15, 0.2) is 36.4 Å². The Balaban J connectivity index is 2.45. The van der Waals surface area contributed by atoms with E-state index in [1.165, 1.54) is 12.1 Å². The van der Waals surface area contributed by atoms with Crippen molar-refractivity contribution in [1.29, 1.82) is 5.26 Å². The van der Waals surface area contributed by atoms with Gasteiger partial charge in [0.05, 0.1) is 10.5 Å².